The van der Waals surface area contributed by atoms with Gasteiger partial charge in [-0.05, 0) is 55.5 Å². The standard InChI is InChI=1S/C23H23N5O/c1-15-6-5-9-19-20(15)17(14-25-19)12-13-24-23(29)21-26-22(16-10-11-16)28(27-21)18-7-3-2-4-8-18/h2-9,14,16,25H,10-13H2,1H3,(H,24,29). The van der Waals surface area contributed by atoms with Gasteiger partial charge in [-0.25, -0.2) is 9.67 Å². The van der Waals surface area contributed by atoms with Crippen LogP contribution in [0.5, 0.6) is 0 Å². The van der Waals surface area contributed by atoms with Crippen LogP contribution in [0.15, 0.2) is 54.7 Å². The molecule has 0 spiro atoms. The zero-order chi connectivity index (χ0) is 19.8. The highest BCUT2D eigenvalue weighted by molar-refractivity contribution is 5.90. The second kappa shape index (κ2) is 7.20. The van der Waals surface area contributed by atoms with Crippen molar-refractivity contribution in [3.63, 3.8) is 0 Å². The number of aromatic nitrogens is 4. The van der Waals surface area contributed by atoms with Crippen molar-refractivity contribution in [2.45, 2.75) is 32.1 Å². The largest absolute Gasteiger partial charge is 0.361 e. The maximum Gasteiger partial charge on any atom is 0.290 e. The molecule has 0 atom stereocenters. The molecule has 0 radical (unpaired) electrons. The summed E-state index contributed by atoms with van der Waals surface area (Å²) in [5.41, 5.74) is 4.51. The fourth-order valence-electron chi connectivity index (χ4n) is 3.82. The average Bonchev–Trinajstić information content (AvgIpc) is 3.34. The first kappa shape index (κ1) is 17.7. The molecular formula is C23H23N5O. The molecular weight excluding hydrogens is 362 g/mol. The molecule has 29 heavy (non-hydrogen) atoms. The van der Waals surface area contributed by atoms with Crippen molar-refractivity contribution in [2.24, 2.45) is 0 Å². The number of aromatic amines is 1. The molecule has 2 heterocycles. The maximum atomic E-state index is 12.7. The van der Waals surface area contributed by atoms with Gasteiger partial charge in [0, 0.05) is 29.6 Å². The molecule has 4 aromatic rings. The summed E-state index contributed by atoms with van der Waals surface area (Å²) in [5.74, 6) is 1.30. The summed E-state index contributed by atoms with van der Waals surface area (Å²) < 4.78 is 1.82. The number of amides is 1. The predicted molar refractivity (Wildman–Crippen MR) is 112 cm³/mol. The van der Waals surface area contributed by atoms with Gasteiger partial charge in [0.25, 0.3) is 5.91 Å². The summed E-state index contributed by atoms with van der Waals surface area (Å²) in [6.07, 6.45) is 4.99. The van der Waals surface area contributed by atoms with Crippen molar-refractivity contribution in [3.05, 3.63) is 77.5 Å². The van der Waals surface area contributed by atoms with Crippen LogP contribution in [0.25, 0.3) is 16.6 Å². The molecule has 1 amide bonds. The first-order valence-corrected chi connectivity index (χ1v) is 10.1. The lowest BCUT2D eigenvalue weighted by Gasteiger charge is -2.04. The topological polar surface area (TPSA) is 75.6 Å². The lowest BCUT2D eigenvalue weighted by molar-refractivity contribution is 0.0944. The van der Waals surface area contributed by atoms with Crippen molar-refractivity contribution in [3.8, 4) is 5.69 Å². The monoisotopic (exact) mass is 385 g/mol. The Bertz CT molecular complexity index is 1170. The molecule has 2 N–H and O–H groups in total. The molecule has 146 valence electrons. The van der Waals surface area contributed by atoms with Gasteiger partial charge in [0.2, 0.25) is 5.82 Å². The minimum absolute atomic E-state index is 0.224. The third kappa shape index (κ3) is 3.42. The van der Waals surface area contributed by atoms with Gasteiger partial charge in [-0.1, -0.05) is 30.3 Å². The summed E-state index contributed by atoms with van der Waals surface area (Å²) in [7, 11) is 0. The summed E-state index contributed by atoms with van der Waals surface area (Å²) in [4.78, 5) is 20.6. The van der Waals surface area contributed by atoms with E-state index in [1.807, 2.05) is 47.3 Å². The van der Waals surface area contributed by atoms with E-state index in [0.29, 0.717) is 12.5 Å². The summed E-state index contributed by atoms with van der Waals surface area (Å²) in [5, 5.41) is 8.73. The molecule has 1 aliphatic rings. The second-order valence-corrected chi connectivity index (χ2v) is 7.63. The molecule has 0 bridgehead atoms. The van der Waals surface area contributed by atoms with E-state index in [1.165, 1.54) is 16.5 Å². The number of hydrogen-bond acceptors (Lipinski definition) is 3. The van der Waals surface area contributed by atoms with Gasteiger partial charge >= 0.3 is 0 Å². The first-order valence-electron chi connectivity index (χ1n) is 10.1. The van der Waals surface area contributed by atoms with Crippen LogP contribution in [0.4, 0.5) is 0 Å². The van der Waals surface area contributed by atoms with Gasteiger partial charge in [-0.15, -0.1) is 5.10 Å². The Morgan fingerprint density at radius 3 is 2.79 bits per heavy atom. The number of benzene rings is 2. The zero-order valence-corrected chi connectivity index (χ0v) is 16.4. The second-order valence-electron chi connectivity index (χ2n) is 7.63. The summed E-state index contributed by atoms with van der Waals surface area (Å²) in [6.45, 7) is 2.65. The maximum absolute atomic E-state index is 12.7. The van der Waals surface area contributed by atoms with Gasteiger partial charge in [-0.2, -0.15) is 0 Å². The van der Waals surface area contributed by atoms with E-state index < -0.39 is 0 Å². The fraction of sp³-hybridized carbons (Fsp3) is 0.261. The minimum Gasteiger partial charge on any atom is -0.361 e. The van der Waals surface area contributed by atoms with E-state index in [9.17, 15) is 4.79 Å². The minimum atomic E-state index is -0.224. The first-order chi connectivity index (χ1) is 14.2. The van der Waals surface area contributed by atoms with Crippen molar-refractivity contribution < 1.29 is 4.79 Å². The van der Waals surface area contributed by atoms with Crippen LogP contribution in [-0.4, -0.2) is 32.2 Å². The molecule has 6 heteroatoms. The third-order valence-electron chi connectivity index (χ3n) is 5.45. The van der Waals surface area contributed by atoms with Crippen molar-refractivity contribution in [1.29, 1.82) is 0 Å². The van der Waals surface area contributed by atoms with Crippen LogP contribution in [0, 0.1) is 6.92 Å². The molecule has 1 saturated carbocycles. The highest BCUT2D eigenvalue weighted by atomic mass is 16.2. The quantitative estimate of drug-likeness (QED) is 0.528. The Hall–Kier alpha value is -3.41. The number of nitrogens with zero attached hydrogens (tertiary/aromatic N) is 3. The van der Waals surface area contributed by atoms with E-state index in [0.717, 1.165) is 36.3 Å². The molecule has 1 fully saturated rings. The Balaban J connectivity index is 1.31. The fourth-order valence-corrected chi connectivity index (χ4v) is 3.82. The number of H-pyrrole nitrogens is 1. The van der Waals surface area contributed by atoms with Crippen LogP contribution in [0.1, 0.15) is 46.3 Å². The molecule has 0 aliphatic heterocycles. The van der Waals surface area contributed by atoms with E-state index in [4.69, 9.17) is 0 Å². The molecule has 0 saturated heterocycles. The Morgan fingerprint density at radius 2 is 2.00 bits per heavy atom. The molecule has 5 rings (SSSR count). The number of rotatable bonds is 6. The third-order valence-corrected chi connectivity index (χ3v) is 5.45. The SMILES string of the molecule is Cc1cccc2[nH]cc(CCNC(=O)c3nc(C4CC4)n(-c4ccccc4)n3)c12. The number of carbonyl (C=O) groups excluding carboxylic acids is 1. The Morgan fingerprint density at radius 1 is 1.17 bits per heavy atom. The van der Waals surface area contributed by atoms with Gasteiger partial charge in [0.1, 0.15) is 5.82 Å². The highest BCUT2D eigenvalue weighted by Gasteiger charge is 2.31. The molecule has 2 aromatic heterocycles. The highest BCUT2D eigenvalue weighted by Crippen LogP contribution is 2.39. The molecule has 1 aliphatic carbocycles. The van der Waals surface area contributed by atoms with E-state index in [1.54, 1.807) is 0 Å². The number of para-hydroxylation sites is 1. The molecule has 2 aromatic carbocycles. The lowest BCUT2D eigenvalue weighted by Crippen LogP contribution is -2.26. The number of nitrogens with one attached hydrogen (secondary N) is 2. The van der Waals surface area contributed by atoms with E-state index in [-0.39, 0.29) is 11.7 Å². The lowest BCUT2D eigenvalue weighted by atomic mass is 10.1. The van der Waals surface area contributed by atoms with Crippen LogP contribution >= 0.6 is 0 Å². The Labute approximate surface area is 169 Å². The van der Waals surface area contributed by atoms with Gasteiger partial charge in [0.05, 0.1) is 5.69 Å². The smallest absolute Gasteiger partial charge is 0.290 e. The van der Waals surface area contributed by atoms with Gasteiger partial charge in [0.15, 0.2) is 0 Å². The summed E-state index contributed by atoms with van der Waals surface area (Å²) in [6, 6.07) is 16.1. The normalized spacial score (nSPS) is 13.7. The van der Waals surface area contributed by atoms with Crippen LogP contribution in [0.2, 0.25) is 0 Å². The van der Waals surface area contributed by atoms with Crippen molar-refractivity contribution in [1.82, 2.24) is 25.1 Å². The number of fused-ring (bicyclic) bond motifs is 1. The number of hydrogen-bond donors (Lipinski definition) is 2. The van der Waals surface area contributed by atoms with Gasteiger partial charge < -0.3 is 10.3 Å². The Kier molecular flexibility index (Phi) is 4.39. The zero-order valence-electron chi connectivity index (χ0n) is 16.4. The van der Waals surface area contributed by atoms with Crippen molar-refractivity contribution >= 4 is 16.8 Å². The van der Waals surface area contributed by atoms with E-state index >= 15 is 0 Å². The average molecular weight is 385 g/mol. The molecule has 0 unspecified atom stereocenters. The van der Waals surface area contributed by atoms with Crippen LogP contribution in [-0.2, 0) is 6.42 Å². The van der Waals surface area contributed by atoms with Crippen LogP contribution in [0.3, 0.4) is 0 Å². The van der Waals surface area contributed by atoms with Crippen molar-refractivity contribution in [2.75, 3.05) is 6.54 Å². The summed E-state index contributed by atoms with van der Waals surface area (Å²) >= 11 is 0. The predicted octanol–water partition coefficient (Wildman–Crippen LogP) is 3.91. The molecule has 6 nitrogen and oxygen atoms in total. The van der Waals surface area contributed by atoms with Crippen LogP contribution < -0.4 is 5.32 Å². The van der Waals surface area contributed by atoms with Gasteiger partial charge in [-0.3, -0.25) is 4.79 Å². The number of aryl methyl sites for hydroxylation is 1. The van der Waals surface area contributed by atoms with E-state index in [2.05, 4.69) is 39.4 Å². The number of carbonyl (C=O) groups is 1.